The number of aryl methyl sites for hydroxylation is 2. The van der Waals surface area contributed by atoms with Crippen LogP contribution in [0, 0.1) is 13.8 Å². The van der Waals surface area contributed by atoms with Gasteiger partial charge in [0.2, 0.25) is 0 Å². The van der Waals surface area contributed by atoms with Gasteiger partial charge in [0.15, 0.2) is 0 Å². The fraction of sp³-hybridized carbons (Fsp3) is 0.250. The summed E-state index contributed by atoms with van der Waals surface area (Å²) >= 11 is 0. The van der Waals surface area contributed by atoms with Crippen molar-refractivity contribution < 1.29 is 19.4 Å². The summed E-state index contributed by atoms with van der Waals surface area (Å²) in [7, 11) is 0. The summed E-state index contributed by atoms with van der Waals surface area (Å²) in [5, 5.41) is 8.87. The molecule has 2 aromatic rings. The van der Waals surface area contributed by atoms with E-state index in [0.717, 1.165) is 16.9 Å². The van der Waals surface area contributed by atoms with Crippen LogP contribution in [0.1, 0.15) is 21.5 Å². The third kappa shape index (κ3) is 4.21. The molecule has 0 spiro atoms. The van der Waals surface area contributed by atoms with Crippen LogP contribution in [0.15, 0.2) is 36.7 Å². The SMILES string of the molecule is Cc1ccc(C)c(OCCOc2cncc(C(=O)O)c2)c1. The van der Waals surface area contributed by atoms with E-state index >= 15 is 0 Å². The normalized spacial score (nSPS) is 10.2. The van der Waals surface area contributed by atoms with E-state index in [0.29, 0.717) is 19.0 Å². The van der Waals surface area contributed by atoms with E-state index in [1.54, 1.807) is 0 Å². The van der Waals surface area contributed by atoms with Crippen LogP contribution >= 0.6 is 0 Å². The minimum absolute atomic E-state index is 0.1000. The molecule has 0 bridgehead atoms. The van der Waals surface area contributed by atoms with Crippen molar-refractivity contribution in [1.82, 2.24) is 4.98 Å². The van der Waals surface area contributed by atoms with Gasteiger partial charge < -0.3 is 14.6 Å². The Morgan fingerprint density at radius 3 is 2.67 bits per heavy atom. The van der Waals surface area contributed by atoms with E-state index in [4.69, 9.17) is 14.6 Å². The first-order valence-electron chi connectivity index (χ1n) is 6.57. The maximum atomic E-state index is 10.8. The van der Waals surface area contributed by atoms with Gasteiger partial charge in [-0.15, -0.1) is 0 Å². The highest BCUT2D eigenvalue weighted by molar-refractivity contribution is 5.87. The number of benzene rings is 1. The van der Waals surface area contributed by atoms with Gasteiger partial charge in [-0.3, -0.25) is 4.98 Å². The monoisotopic (exact) mass is 287 g/mol. The average molecular weight is 287 g/mol. The standard InChI is InChI=1S/C16H17NO4/c1-11-3-4-12(2)15(7-11)21-6-5-20-14-8-13(16(18)19)9-17-10-14/h3-4,7-10H,5-6H2,1-2H3,(H,18,19). The zero-order valence-electron chi connectivity index (χ0n) is 12.0. The highest BCUT2D eigenvalue weighted by Gasteiger charge is 2.05. The maximum absolute atomic E-state index is 10.8. The zero-order valence-corrected chi connectivity index (χ0v) is 12.0. The molecular formula is C16H17NO4. The Bertz CT molecular complexity index is 640. The molecule has 1 heterocycles. The van der Waals surface area contributed by atoms with Crippen molar-refractivity contribution >= 4 is 5.97 Å². The number of nitrogens with zero attached hydrogens (tertiary/aromatic N) is 1. The number of carbonyl (C=O) groups is 1. The van der Waals surface area contributed by atoms with Crippen molar-refractivity contribution in [2.24, 2.45) is 0 Å². The fourth-order valence-corrected chi connectivity index (χ4v) is 1.79. The molecule has 0 unspecified atom stereocenters. The molecule has 5 nitrogen and oxygen atoms in total. The molecule has 0 aliphatic carbocycles. The first-order chi connectivity index (χ1) is 10.1. The molecular weight excluding hydrogens is 270 g/mol. The number of hydrogen-bond acceptors (Lipinski definition) is 4. The van der Waals surface area contributed by atoms with E-state index in [1.165, 1.54) is 18.5 Å². The molecule has 0 aliphatic rings. The average Bonchev–Trinajstić information content (AvgIpc) is 2.47. The van der Waals surface area contributed by atoms with Gasteiger partial charge in [-0.25, -0.2) is 4.79 Å². The number of pyridine rings is 1. The molecule has 0 fully saturated rings. The summed E-state index contributed by atoms with van der Waals surface area (Å²) in [4.78, 5) is 14.6. The molecule has 1 N–H and O–H groups in total. The third-order valence-corrected chi connectivity index (χ3v) is 2.91. The fourth-order valence-electron chi connectivity index (χ4n) is 1.79. The Balaban J connectivity index is 1.86. The van der Waals surface area contributed by atoms with Crippen LogP contribution in [0.5, 0.6) is 11.5 Å². The lowest BCUT2D eigenvalue weighted by Crippen LogP contribution is -2.10. The van der Waals surface area contributed by atoms with Gasteiger partial charge in [-0.05, 0) is 37.1 Å². The maximum Gasteiger partial charge on any atom is 0.337 e. The minimum atomic E-state index is -1.03. The Morgan fingerprint density at radius 2 is 1.90 bits per heavy atom. The molecule has 0 atom stereocenters. The molecule has 1 aromatic heterocycles. The molecule has 0 aliphatic heterocycles. The molecule has 0 amide bonds. The molecule has 0 saturated heterocycles. The number of aromatic carboxylic acids is 1. The van der Waals surface area contributed by atoms with Gasteiger partial charge in [0.1, 0.15) is 24.7 Å². The van der Waals surface area contributed by atoms with E-state index in [-0.39, 0.29) is 5.56 Å². The zero-order chi connectivity index (χ0) is 15.2. The van der Waals surface area contributed by atoms with Gasteiger partial charge in [-0.2, -0.15) is 0 Å². The summed E-state index contributed by atoms with van der Waals surface area (Å²) in [5.74, 6) is 0.218. The van der Waals surface area contributed by atoms with Crippen molar-refractivity contribution in [3.05, 3.63) is 53.3 Å². The second kappa shape index (κ2) is 6.74. The first kappa shape index (κ1) is 14.8. The predicted molar refractivity (Wildman–Crippen MR) is 78.1 cm³/mol. The van der Waals surface area contributed by atoms with Gasteiger partial charge in [0.05, 0.1) is 11.8 Å². The van der Waals surface area contributed by atoms with Crippen molar-refractivity contribution in [3.63, 3.8) is 0 Å². The van der Waals surface area contributed by atoms with Crippen LogP contribution < -0.4 is 9.47 Å². The predicted octanol–water partition coefficient (Wildman–Crippen LogP) is 2.85. The number of carboxylic acid groups (broad SMARTS) is 1. The summed E-state index contributed by atoms with van der Waals surface area (Å²) in [6, 6.07) is 7.45. The molecule has 5 heteroatoms. The van der Waals surface area contributed by atoms with Crippen molar-refractivity contribution in [2.75, 3.05) is 13.2 Å². The molecule has 0 radical (unpaired) electrons. The molecule has 110 valence electrons. The van der Waals surface area contributed by atoms with Crippen LogP contribution in [0.2, 0.25) is 0 Å². The smallest absolute Gasteiger partial charge is 0.337 e. The highest BCUT2D eigenvalue weighted by atomic mass is 16.5. The molecule has 21 heavy (non-hydrogen) atoms. The van der Waals surface area contributed by atoms with E-state index in [2.05, 4.69) is 4.98 Å². The number of hydrogen-bond donors (Lipinski definition) is 1. The molecule has 0 saturated carbocycles. The Morgan fingerprint density at radius 1 is 1.14 bits per heavy atom. The first-order valence-corrected chi connectivity index (χ1v) is 6.57. The largest absolute Gasteiger partial charge is 0.490 e. The lowest BCUT2D eigenvalue weighted by Gasteiger charge is -2.11. The van der Waals surface area contributed by atoms with Crippen LogP contribution in [-0.2, 0) is 0 Å². The lowest BCUT2D eigenvalue weighted by molar-refractivity contribution is 0.0696. The Hall–Kier alpha value is -2.56. The van der Waals surface area contributed by atoms with Crippen molar-refractivity contribution in [3.8, 4) is 11.5 Å². The Kier molecular flexibility index (Phi) is 4.77. The van der Waals surface area contributed by atoms with E-state index < -0.39 is 5.97 Å². The third-order valence-electron chi connectivity index (χ3n) is 2.91. The summed E-state index contributed by atoms with van der Waals surface area (Å²) in [6.45, 7) is 4.68. The minimum Gasteiger partial charge on any atom is -0.490 e. The number of ether oxygens (including phenoxy) is 2. The van der Waals surface area contributed by atoms with E-state index in [9.17, 15) is 4.79 Å². The lowest BCUT2D eigenvalue weighted by atomic mass is 10.1. The number of rotatable bonds is 6. The Labute approximate surface area is 123 Å². The van der Waals surface area contributed by atoms with Crippen LogP contribution in [0.25, 0.3) is 0 Å². The molecule has 1 aromatic carbocycles. The van der Waals surface area contributed by atoms with Crippen LogP contribution in [0.3, 0.4) is 0 Å². The summed E-state index contributed by atoms with van der Waals surface area (Å²) in [5.41, 5.74) is 2.30. The second-order valence-corrected chi connectivity index (χ2v) is 4.68. The van der Waals surface area contributed by atoms with Gasteiger partial charge in [0, 0.05) is 6.20 Å². The van der Waals surface area contributed by atoms with Crippen LogP contribution in [-0.4, -0.2) is 29.3 Å². The second-order valence-electron chi connectivity index (χ2n) is 4.68. The summed E-state index contributed by atoms with van der Waals surface area (Å²) < 4.78 is 11.1. The van der Waals surface area contributed by atoms with Crippen molar-refractivity contribution in [1.29, 1.82) is 0 Å². The van der Waals surface area contributed by atoms with Gasteiger partial charge in [-0.1, -0.05) is 12.1 Å². The topological polar surface area (TPSA) is 68.7 Å². The summed E-state index contributed by atoms with van der Waals surface area (Å²) in [6.07, 6.45) is 2.76. The molecule has 2 rings (SSSR count). The van der Waals surface area contributed by atoms with Crippen LogP contribution in [0.4, 0.5) is 0 Å². The highest BCUT2D eigenvalue weighted by Crippen LogP contribution is 2.19. The van der Waals surface area contributed by atoms with Gasteiger partial charge >= 0.3 is 5.97 Å². The number of carboxylic acids is 1. The van der Waals surface area contributed by atoms with Crippen molar-refractivity contribution in [2.45, 2.75) is 13.8 Å². The number of aromatic nitrogens is 1. The van der Waals surface area contributed by atoms with Gasteiger partial charge in [0.25, 0.3) is 0 Å². The van der Waals surface area contributed by atoms with E-state index in [1.807, 2.05) is 32.0 Å². The quantitative estimate of drug-likeness (QED) is 0.827.